The topological polar surface area (TPSA) is 33.1 Å². The fraction of sp³-hybridized carbons (Fsp3) is 0.308. The quantitative estimate of drug-likeness (QED) is 0.864. The van der Waals surface area contributed by atoms with Crippen LogP contribution in [0.4, 0.5) is 0 Å². The maximum Gasteiger partial charge on any atom is 0.123 e. The summed E-state index contributed by atoms with van der Waals surface area (Å²) in [4.78, 5) is 4.40. The SMILES string of the molecule is Cc1cc(C)c(-c2nc(CO)cs2)cc1C. The average Bonchev–Trinajstić information content (AvgIpc) is 2.71. The van der Waals surface area contributed by atoms with Gasteiger partial charge in [-0.2, -0.15) is 0 Å². The zero-order valence-electron chi connectivity index (χ0n) is 9.74. The van der Waals surface area contributed by atoms with Crippen LogP contribution in [0.2, 0.25) is 0 Å². The molecule has 0 unspecified atom stereocenters. The highest BCUT2D eigenvalue weighted by molar-refractivity contribution is 7.13. The number of aliphatic hydroxyl groups excluding tert-OH is 1. The number of nitrogens with zero attached hydrogens (tertiary/aromatic N) is 1. The molecule has 16 heavy (non-hydrogen) atoms. The standard InChI is InChI=1S/C13H15NOS/c1-8-4-10(3)12(5-9(8)2)13-14-11(6-15)7-16-13/h4-5,7,15H,6H2,1-3H3. The average molecular weight is 233 g/mol. The van der Waals surface area contributed by atoms with Gasteiger partial charge in [-0.05, 0) is 43.5 Å². The second kappa shape index (κ2) is 4.36. The minimum atomic E-state index is 0.0143. The van der Waals surface area contributed by atoms with Crippen molar-refractivity contribution in [2.24, 2.45) is 0 Å². The van der Waals surface area contributed by atoms with Gasteiger partial charge in [-0.1, -0.05) is 6.07 Å². The van der Waals surface area contributed by atoms with Gasteiger partial charge < -0.3 is 5.11 Å². The van der Waals surface area contributed by atoms with E-state index in [0.717, 1.165) is 10.7 Å². The van der Waals surface area contributed by atoms with Crippen LogP contribution in [0, 0.1) is 20.8 Å². The summed E-state index contributed by atoms with van der Waals surface area (Å²) in [5.41, 5.74) is 5.74. The third-order valence-corrected chi connectivity index (χ3v) is 3.71. The summed E-state index contributed by atoms with van der Waals surface area (Å²) < 4.78 is 0. The van der Waals surface area contributed by atoms with E-state index in [2.05, 4.69) is 37.9 Å². The lowest BCUT2D eigenvalue weighted by atomic mass is 10.0. The molecule has 0 spiro atoms. The maximum absolute atomic E-state index is 9.01. The molecule has 0 radical (unpaired) electrons. The highest BCUT2D eigenvalue weighted by Gasteiger charge is 2.08. The van der Waals surface area contributed by atoms with Crippen LogP contribution in [0.25, 0.3) is 10.6 Å². The fourth-order valence-electron chi connectivity index (χ4n) is 1.69. The maximum atomic E-state index is 9.01. The van der Waals surface area contributed by atoms with Gasteiger partial charge in [0.25, 0.3) is 0 Å². The number of hydrogen-bond donors (Lipinski definition) is 1. The van der Waals surface area contributed by atoms with Gasteiger partial charge in [0, 0.05) is 10.9 Å². The minimum absolute atomic E-state index is 0.0143. The van der Waals surface area contributed by atoms with Crippen molar-refractivity contribution in [3.63, 3.8) is 0 Å². The molecule has 0 fully saturated rings. The molecule has 0 aliphatic heterocycles. The summed E-state index contributed by atoms with van der Waals surface area (Å²) in [5, 5.41) is 11.9. The molecule has 1 heterocycles. The predicted octanol–water partition coefficient (Wildman–Crippen LogP) is 3.23. The number of aryl methyl sites for hydroxylation is 3. The van der Waals surface area contributed by atoms with Crippen LogP contribution in [-0.4, -0.2) is 10.1 Å². The largest absolute Gasteiger partial charge is 0.390 e. The number of rotatable bonds is 2. The molecule has 0 atom stereocenters. The van der Waals surface area contributed by atoms with E-state index < -0.39 is 0 Å². The van der Waals surface area contributed by atoms with Crippen LogP contribution in [0.1, 0.15) is 22.4 Å². The Hall–Kier alpha value is -1.19. The molecule has 2 nitrogen and oxygen atoms in total. The second-order valence-corrected chi connectivity index (χ2v) is 4.91. The molecule has 0 aliphatic rings. The molecular formula is C13H15NOS. The third kappa shape index (κ3) is 2.01. The van der Waals surface area contributed by atoms with Crippen LogP contribution in [0.3, 0.4) is 0 Å². The van der Waals surface area contributed by atoms with Crippen LogP contribution >= 0.6 is 11.3 Å². The summed E-state index contributed by atoms with van der Waals surface area (Å²) in [6, 6.07) is 4.36. The van der Waals surface area contributed by atoms with Gasteiger partial charge in [-0.3, -0.25) is 0 Å². The molecule has 2 rings (SSSR count). The van der Waals surface area contributed by atoms with Crippen molar-refractivity contribution in [2.45, 2.75) is 27.4 Å². The molecule has 1 aromatic heterocycles. The first-order chi connectivity index (χ1) is 7.61. The lowest BCUT2D eigenvalue weighted by Crippen LogP contribution is -1.89. The Morgan fingerprint density at radius 1 is 1.12 bits per heavy atom. The lowest BCUT2D eigenvalue weighted by Gasteiger charge is -2.07. The molecule has 1 aromatic carbocycles. The van der Waals surface area contributed by atoms with E-state index in [1.165, 1.54) is 22.3 Å². The van der Waals surface area contributed by atoms with Gasteiger partial charge in [-0.25, -0.2) is 4.98 Å². The molecule has 0 bridgehead atoms. The van der Waals surface area contributed by atoms with Crippen molar-refractivity contribution in [3.8, 4) is 10.6 Å². The van der Waals surface area contributed by atoms with Gasteiger partial charge in [0.05, 0.1) is 12.3 Å². The minimum Gasteiger partial charge on any atom is -0.390 e. The summed E-state index contributed by atoms with van der Waals surface area (Å²) >= 11 is 1.58. The van der Waals surface area contributed by atoms with Crippen molar-refractivity contribution >= 4 is 11.3 Å². The Bertz CT molecular complexity index is 517. The zero-order valence-corrected chi connectivity index (χ0v) is 10.6. The van der Waals surface area contributed by atoms with Crippen LogP contribution in [-0.2, 0) is 6.61 Å². The molecule has 2 aromatic rings. The van der Waals surface area contributed by atoms with Crippen molar-refractivity contribution in [1.82, 2.24) is 4.98 Å². The number of benzene rings is 1. The number of aliphatic hydroxyl groups is 1. The Balaban J connectivity index is 2.51. The Morgan fingerprint density at radius 3 is 2.44 bits per heavy atom. The monoisotopic (exact) mass is 233 g/mol. The van der Waals surface area contributed by atoms with E-state index in [1.54, 1.807) is 11.3 Å². The highest BCUT2D eigenvalue weighted by Crippen LogP contribution is 2.29. The molecule has 1 N–H and O–H groups in total. The van der Waals surface area contributed by atoms with Crippen molar-refractivity contribution < 1.29 is 5.11 Å². The van der Waals surface area contributed by atoms with Gasteiger partial charge in [0.2, 0.25) is 0 Å². The summed E-state index contributed by atoms with van der Waals surface area (Å²) in [6.45, 7) is 6.34. The first kappa shape index (κ1) is 11.3. The predicted molar refractivity (Wildman–Crippen MR) is 67.7 cm³/mol. The normalized spacial score (nSPS) is 10.8. The van der Waals surface area contributed by atoms with Crippen LogP contribution in [0.5, 0.6) is 0 Å². The van der Waals surface area contributed by atoms with Gasteiger partial charge >= 0.3 is 0 Å². The van der Waals surface area contributed by atoms with Crippen molar-refractivity contribution in [1.29, 1.82) is 0 Å². The Morgan fingerprint density at radius 2 is 1.81 bits per heavy atom. The van der Waals surface area contributed by atoms with E-state index in [9.17, 15) is 0 Å². The molecule has 3 heteroatoms. The smallest absolute Gasteiger partial charge is 0.123 e. The van der Waals surface area contributed by atoms with E-state index in [1.807, 2.05) is 5.38 Å². The van der Waals surface area contributed by atoms with Crippen LogP contribution < -0.4 is 0 Å². The fourth-order valence-corrected chi connectivity index (χ4v) is 2.59. The molecule has 0 saturated heterocycles. The number of aromatic nitrogens is 1. The summed E-state index contributed by atoms with van der Waals surface area (Å²) in [7, 11) is 0. The van der Waals surface area contributed by atoms with Crippen LogP contribution in [0.15, 0.2) is 17.5 Å². The van der Waals surface area contributed by atoms with Gasteiger partial charge in [-0.15, -0.1) is 11.3 Å². The van der Waals surface area contributed by atoms with Crippen molar-refractivity contribution in [3.05, 3.63) is 39.9 Å². The summed E-state index contributed by atoms with van der Waals surface area (Å²) in [6.07, 6.45) is 0. The zero-order chi connectivity index (χ0) is 11.7. The van der Waals surface area contributed by atoms with Crippen molar-refractivity contribution in [2.75, 3.05) is 0 Å². The van der Waals surface area contributed by atoms with E-state index in [-0.39, 0.29) is 6.61 Å². The first-order valence-corrected chi connectivity index (χ1v) is 6.13. The van der Waals surface area contributed by atoms with E-state index in [4.69, 9.17) is 5.11 Å². The molecule has 0 aliphatic carbocycles. The molecule has 0 amide bonds. The van der Waals surface area contributed by atoms with Gasteiger partial charge in [0.15, 0.2) is 0 Å². The number of thiazole rings is 1. The second-order valence-electron chi connectivity index (χ2n) is 4.05. The first-order valence-electron chi connectivity index (χ1n) is 5.25. The summed E-state index contributed by atoms with van der Waals surface area (Å²) in [5.74, 6) is 0. The Kier molecular flexibility index (Phi) is 3.08. The number of hydrogen-bond acceptors (Lipinski definition) is 3. The molecule has 84 valence electrons. The molecule has 0 saturated carbocycles. The van der Waals surface area contributed by atoms with E-state index in [0.29, 0.717) is 0 Å². The molecular weight excluding hydrogens is 218 g/mol. The Labute approximate surface area is 99.6 Å². The van der Waals surface area contributed by atoms with E-state index >= 15 is 0 Å². The highest BCUT2D eigenvalue weighted by atomic mass is 32.1. The lowest BCUT2D eigenvalue weighted by molar-refractivity contribution is 0.278. The van der Waals surface area contributed by atoms with Gasteiger partial charge in [0.1, 0.15) is 5.01 Å². The third-order valence-electron chi connectivity index (χ3n) is 2.78.